The number of nitrogens with zero attached hydrogens (tertiary/aromatic N) is 3. The number of fused-ring (bicyclic) bond motifs is 1. The summed E-state index contributed by atoms with van der Waals surface area (Å²) in [5.74, 6) is 1.35. The molecule has 0 saturated heterocycles. The first-order valence-electron chi connectivity index (χ1n) is 8.63. The largest absolute Gasteiger partial charge is 0.310 e. The minimum atomic E-state index is 0.0780. The van der Waals surface area contributed by atoms with E-state index in [1.807, 2.05) is 37.5 Å². The summed E-state index contributed by atoms with van der Waals surface area (Å²) in [6, 6.07) is 5.86. The van der Waals surface area contributed by atoms with Gasteiger partial charge in [0.05, 0.1) is 5.69 Å². The number of aryl methyl sites for hydroxylation is 1. The summed E-state index contributed by atoms with van der Waals surface area (Å²) in [7, 11) is 0. The fraction of sp³-hybridized carbons (Fsp3) is 0.300. The van der Waals surface area contributed by atoms with Crippen molar-refractivity contribution in [2.75, 3.05) is 5.32 Å². The molecule has 1 aliphatic carbocycles. The maximum absolute atomic E-state index is 12.2. The van der Waals surface area contributed by atoms with Crippen LogP contribution in [0.4, 0.5) is 5.82 Å². The van der Waals surface area contributed by atoms with Crippen LogP contribution < -0.4 is 5.32 Å². The number of hydrogen-bond donors (Lipinski definition) is 1. The summed E-state index contributed by atoms with van der Waals surface area (Å²) in [5.41, 5.74) is 3.02. The van der Waals surface area contributed by atoms with E-state index < -0.39 is 0 Å². The standard InChI is InChI=1S/C20H20N4O/c1-3-13-6-16(13)20(25)24-19-8-15-9-22-18(7-14(15)10-23-19)17-11-21-5-4-12(17)2/h4-5,7-11,13,16H,3,6H2,1-2H3,(H,23,24,25). The van der Waals surface area contributed by atoms with E-state index in [1.54, 1.807) is 12.4 Å². The number of pyridine rings is 3. The van der Waals surface area contributed by atoms with Crippen LogP contribution in [0.3, 0.4) is 0 Å². The van der Waals surface area contributed by atoms with Crippen LogP contribution >= 0.6 is 0 Å². The zero-order valence-electron chi connectivity index (χ0n) is 14.4. The number of hydrogen-bond acceptors (Lipinski definition) is 4. The van der Waals surface area contributed by atoms with Gasteiger partial charge in [-0.1, -0.05) is 13.3 Å². The lowest BCUT2D eigenvalue weighted by Crippen LogP contribution is -2.15. The molecule has 3 aromatic rings. The molecule has 3 aromatic heterocycles. The molecule has 2 atom stereocenters. The maximum Gasteiger partial charge on any atom is 0.228 e. The lowest BCUT2D eigenvalue weighted by atomic mass is 10.1. The third-order valence-electron chi connectivity index (χ3n) is 4.95. The molecular formula is C20H20N4O. The van der Waals surface area contributed by atoms with Crippen molar-refractivity contribution in [2.45, 2.75) is 26.7 Å². The van der Waals surface area contributed by atoms with Crippen molar-refractivity contribution in [3.63, 3.8) is 0 Å². The van der Waals surface area contributed by atoms with Gasteiger partial charge in [0.2, 0.25) is 5.91 Å². The summed E-state index contributed by atoms with van der Waals surface area (Å²) < 4.78 is 0. The molecule has 5 nitrogen and oxygen atoms in total. The van der Waals surface area contributed by atoms with Crippen molar-refractivity contribution in [1.29, 1.82) is 0 Å². The second kappa shape index (κ2) is 6.24. The lowest BCUT2D eigenvalue weighted by Gasteiger charge is -2.08. The van der Waals surface area contributed by atoms with Gasteiger partial charge in [0.25, 0.3) is 0 Å². The van der Waals surface area contributed by atoms with Gasteiger partial charge in [0.15, 0.2) is 0 Å². The number of amides is 1. The molecule has 1 saturated carbocycles. The highest BCUT2D eigenvalue weighted by Crippen LogP contribution is 2.41. The summed E-state index contributed by atoms with van der Waals surface area (Å²) in [5, 5.41) is 4.87. The Balaban J connectivity index is 1.59. The SMILES string of the molecule is CCC1CC1C(=O)Nc1cc2cnc(-c3cnccc3C)cc2cn1. The highest BCUT2D eigenvalue weighted by Gasteiger charge is 2.41. The van der Waals surface area contributed by atoms with Crippen LogP contribution in [-0.4, -0.2) is 20.9 Å². The molecule has 0 spiro atoms. The highest BCUT2D eigenvalue weighted by atomic mass is 16.2. The van der Waals surface area contributed by atoms with Crippen LogP contribution in [0.2, 0.25) is 0 Å². The predicted molar refractivity (Wildman–Crippen MR) is 98.0 cm³/mol. The predicted octanol–water partition coefficient (Wildman–Crippen LogP) is 3.98. The van der Waals surface area contributed by atoms with Gasteiger partial charge in [-0.25, -0.2) is 4.98 Å². The van der Waals surface area contributed by atoms with Gasteiger partial charge in [-0.3, -0.25) is 14.8 Å². The molecule has 25 heavy (non-hydrogen) atoms. The van der Waals surface area contributed by atoms with Crippen molar-refractivity contribution in [1.82, 2.24) is 15.0 Å². The van der Waals surface area contributed by atoms with Crippen LogP contribution in [0.1, 0.15) is 25.3 Å². The van der Waals surface area contributed by atoms with Gasteiger partial charge >= 0.3 is 0 Å². The van der Waals surface area contributed by atoms with E-state index in [-0.39, 0.29) is 11.8 Å². The molecule has 0 bridgehead atoms. The molecule has 1 amide bonds. The average molecular weight is 332 g/mol. The van der Waals surface area contributed by atoms with Crippen LogP contribution in [0, 0.1) is 18.8 Å². The van der Waals surface area contributed by atoms with Gasteiger partial charge in [-0.05, 0) is 43.0 Å². The van der Waals surface area contributed by atoms with Crippen molar-refractivity contribution in [2.24, 2.45) is 11.8 Å². The van der Waals surface area contributed by atoms with E-state index in [0.29, 0.717) is 11.7 Å². The smallest absolute Gasteiger partial charge is 0.228 e. The summed E-state index contributed by atoms with van der Waals surface area (Å²) in [6.07, 6.45) is 9.26. The highest BCUT2D eigenvalue weighted by molar-refractivity contribution is 5.95. The Hall–Kier alpha value is -2.82. The fourth-order valence-electron chi connectivity index (χ4n) is 3.22. The Bertz CT molecular complexity index is 953. The number of nitrogens with one attached hydrogen (secondary N) is 1. The Labute approximate surface area is 146 Å². The summed E-state index contributed by atoms with van der Waals surface area (Å²) >= 11 is 0. The molecule has 126 valence electrons. The molecule has 0 aromatic carbocycles. The van der Waals surface area contributed by atoms with Crippen molar-refractivity contribution in [3.05, 3.63) is 48.5 Å². The maximum atomic E-state index is 12.2. The summed E-state index contributed by atoms with van der Waals surface area (Å²) in [6.45, 7) is 4.17. The van der Waals surface area contributed by atoms with Crippen molar-refractivity contribution < 1.29 is 4.79 Å². The first-order valence-corrected chi connectivity index (χ1v) is 8.63. The van der Waals surface area contributed by atoms with E-state index in [1.165, 1.54) is 0 Å². The molecule has 1 aliphatic rings. The quantitative estimate of drug-likeness (QED) is 0.784. The van der Waals surface area contributed by atoms with Gasteiger partial charge in [0, 0.05) is 47.0 Å². The number of anilines is 1. The summed E-state index contributed by atoms with van der Waals surface area (Å²) in [4.78, 5) is 25.3. The van der Waals surface area contributed by atoms with E-state index in [9.17, 15) is 4.79 Å². The second-order valence-electron chi connectivity index (χ2n) is 6.68. The molecule has 0 aliphatic heterocycles. The molecule has 1 N–H and O–H groups in total. The molecule has 4 rings (SSSR count). The first kappa shape index (κ1) is 15.7. The van der Waals surface area contributed by atoms with Crippen LogP contribution in [0.25, 0.3) is 22.0 Å². The molecule has 1 fully saturated rings. The molecular weight excluding hydrogens is 312 g/mol. The fourth-order valence-corrected chi connectivity index (χ4v) is 3.22. The van der Waals surface area contributed by atoms with Crippen molar-refractivity contribution in [3.8, 4) is 11.3 Å². The van der Waals surface area contributed by atoms with E-state index in [0.717, 1.165) is 40.4 Å². The minimum Gasteiger partial charge on any atom is -0.310 e. The third-order valence-corrected chi connectivity index (χ3v) is 4.95. The lowest BCUT2D eigenvalue weighted by molar-refractivity contribution is -0.117. The number of aromatic nitrogens is 3. The molecule has 2 unspecified atom stereocenters. The second-order valence-corrected chi connectivity index (χ2v) is 6.68. The monoisotopic (exact) mass is 332 g/mol. The average Bonchev–Trinajstić information content (AvgIpc) is 3.42. The van der Waals surface area contributed by atoms with Crippen LogP contribution in [0.15, 0.2) is 43.0 Å². The molecule has 5 heteroatoms. The van der Waals surface area contributed by atoms with Crippen LogP contribution in [0.5, 0.6) is 0 Å². The minimum absolute atomic E-state index is 0.0780. The Morgan fingerprint density at radius 2 is 2.00 bits per heavy atom. The molecule has 3 heterocycles. The first-order chi connectivity index (χ1) is 12.2. The van der Waals surface area contributed by atoms with Gasteiger partial charge in [-0.2, -0.15) is 0 Å². The third kappa shape index (κ3) is 3.09. The zero-order chi connectivity index (χ0) is 17.4. The molecule has 0 radical (unpaired) electrons. The van der Waals surface area contributed by atoms with Crippen molar-refractivity contribution >= 4 is 22.5 Å². The Morgan fingerprint density at radius 3 is 2.76 bits per heavy atom. The van der Waals surface area contributed by atoms with Gasteiger partial charge in [0.1, 0.15) is 5.82 Å². The van der Waals surface area contributed by atoms with Gasteiger partial charge < -0.3 is 5.32 Å². The van der Waals surface area contributed by atoms with E-state index in [2.05, 4.69) is 27.2 Å². The number of carbonyl (C=O) groups excluding carboxylic acids is 1. The Kier molecular flexibility index (Phi) is 3.92. The Morgan fingerprint density at radius 1 is 1.20 bits per heavy atom. The topological polar surface area (TPSA) is 67.8 Å². The van der Waals surface area contributed by atoms with Gasteiger partial charge in [-0.15, -0.1) is 0 Å². The van der Waals surface area contributed by atoms with Crippen LogP contribution in [-0.2, 0) is 4.79 Å². The normalized spacial score (nSPS) is 19.0. The van der Waals surface area contributed by atoms with E-state index in [4.69, 9.17) is 0 Å². The number of rotatable bonds is 4. The number of carbonyl (C=O) groups is 1. The van der Waals surface area contributed by atoms with E-state index >= 15 is 0 Å². The zero-order valence-corrected chi connectivity index (χ0v) is 14.4.